The van der Waals surface area contributed by atoms with Gasteiger partial charge in [-0.05, 0) is 61.4 Å². The van der Waals surface area contributed by atoms with Crippen LogP contribution in [-0.2, 0) is 0 Å². The van der Waals surface area contributed by atoms with E-state index in [4.69, 9.17) is 0 Å². The number of allylic oxidation sites excluding steroid dienone is 4. The lowest BCUT2D eigenvalue weighted by molar-refractivity contribution is 1.33. The third-order valence-corrected chi connectivity index (χ3v) is 6.29. The van der Waals surface area contributed by atoms with Crippen molar-refractivity contribution >= 4 is 11.1 Å². The van der Waals surface area contributed by atoms with Gasteiger partial charge in [0.1, 0.15) is 0 Å². The van der Waals surface area contributed by atoms with Crippen molar-refractivity contribution < 1.29 is 0 Å². The minimum absolute atomic E-state index is 0.990. The molecule has 0 fully saturated rings. The Morgan fingerprint density at radius 3 is 1.81 bits per heavy atom. The summed E-state index contributed by atoms with van der Waals surface area (Å²) in [6, 6.07) is 37.2. The van der Waals surface area contributed by atoms with E-state index < -0.39 is 0 Å². The Bertz CT molecular complexity index is 1420. The van der Waals surface area contributed by atoms with Gasteiger partial charge in [-0.2, -0.15) is 0 Å². The molecule has 0 saturated carbocycles. The summed E-state index contributed by atoms with van der Waals surface area (Å²) < 4.78 is 0. The van der Waals surface area contributed by atoms with E-state index in [0.717, 1.165) is 6.42 Å². The van der Waals surface area contributed by atoms with Gasteiger partial charge in [-0.3, -0.25) is 0 Å². The highest BCUT2D eigenvalue weighted by Gasteiger charge is 2.23. The predicted octanol–water partition coefficient (Wildman–Crippen LogP) is 6.00. The molecule has 0 bridgehead atoms. The van der Waals surface area contributed by atoms with Gasteiger partial charge in [0.05, 0.1) is 0 Å². The van der Waals surface area contributed by atoms with Crippen LogP contribution in [-0.4, -0.2) is 0 Å². The van der Waals surface area contributed by atoms with Gasteiger partial charge in [0.2, 0.25) is 0 Å². The smallest absolute Gasteiger partial charge is 0.00170 e. The molecule has 0 spiro atoms. The first-order chi connectivity index (χ1) is 15.4. The molecule has 0 aromatic heterocycles. The van der Waals surface area contributed by atoms with Crippen LogP contribution in [0.4, 0.5) is 0 Å². The number of hydrogen-bond donors (Lipinski definition) is 0. The van der Waals surface area contributed by atoms with Crippen molar-refractivity contribution in [3.8, 4) is 11.1 Å². The van der Waals surface area contributed by atoms with Gasteiger partial charge in [-0.1, -0.05) is 121 Å². The molecular formula is C31H22. The highest BCUT2D eigenvalue weighted by atomic mass is 14.3. The Balaban J connectivity index is 1.83. The standard InChI is InChI=1S/C31H22/c1-3-12-22(13-4-1)29(23-14-5-2-6-15-23)28-21-11-20-27-25-18-9-10-19-26(25)30(31(27)28)24-16-7-8-17-24/h1-16,18-21H,17H2. The van der Waals surface area contributed by atoms with Gasteiger partial charge in [0, 0.05) is 0 Å². The molecule has 0 saturated heterocycles. The number of fused-ring (bicyclic) bond motifs is 3. The van der Waals surface area contributed by atoms with Crippen molar-refractivity contribution in [1.29, 1.82) is 0 Å². The maximum Gasteiger partial charge on any atom is -0.00170 e. The fourth-order valence-corrected chi connectivity index (χ4v) is 4.98. The molecule has 146 valence electrons. The molecule has 0 N–H and O–H groups in total. The topological polar surface area (TPSA) is 0 Å². The maximum absolute atomic E-state index is 2.29. The summed E-state index contributed by atoms with van der Waals surface area (Å²) >= 11 is 0. The molecule has 6 rings (SSSR count). The van der Waals surface area contributed by atoms with Crippen molar-refractivity contribution in [3.63, 3.8) is 0 Å². The van der Waals surface area contributed by atoms with Crippen molar-refractivity contribution in [2.24, 2.45) is 0 Å². The molecular weight excluding hydrogens is 372 g/mol. The zero-order valence-electron chi connectivity index (χ0n) is 17.3. The van der Waals surface area contributed by atoms with Gasteiger partial charge < -0.3 is 0 Å². The lowest BCUT2D eigenvalue weighted by Crippen LogP contribution is -2.30. The van der Waals surface area contributed by atoms with E-state index >= 15 is 0 Å². The molecule has 2 aliphatic rings. The van der Waals surface area contributed by atoms with Gasteiger partial charge >= 0.3 is 0 Å². The Labute approximate surface area is 182 Å². The SMILES string of the molecule is C1=CCC(C2=c3c(cccc3=C(c3ccccc3)c3ccccc3)-c3ccccc32)=C1. The van der Waals surface area contributed by atoms with Gasteiger partial charge in [0.15, 0.2) is 0 Å². The summed E-state index contributed by atoms with van der Waals surface area (Å²) in [5, 5.41) is 2.66. The molecule has 4 aromatic rings. The van der Waals surface area contributed by atoms with Gasteiger partial charge in [0.25, 0.3) is 0 Å². The predicted molar refractivity (Wildman–Crippen MR) is 130 cm³/mol. The van der Waals surface area contributed by atoms with E-state index in [1.165, 1.54) is 55.0 Å². The van der Waals surface area contributed by atoms with Crippen LogP contribution in [0.3, 0.4) is 0 Å². The molecule has 0 atom stereocenters. The first-order valence-electron chi connectivity index (χ1n) is 10.9. The van der Waals surface area contributed by atoms with Crippen molar-refractivity contribution in [2.75, 3.05) is 0 Å². The molecule has 0 radical (unpaired) electrons. The van der Waals surface area contributed by atoms with E-state index in [0.29, 0.717) is 0 Å². The van der Waals surface area contributed by atoms with Crippen LogP contribution in [0.15, 0.2) is 127 Å². The van der Waals surface area contributed by atoms with Crippen LogP contribution in [0.5, 0.6) is 0 Å². The first kappa shape index (κ1) is 17.9. The molecule has 0 aliphatic heterocycles. The number of rotatable bonds is 3. The summed E-state index contributed by atoms with van der Waals surface area (Å²) in [6.07, 6.45) is 7.71. The van der Waals surface area contributed by atoms with Crippen LogP contribution < -0.4 is 10.4 Å². The van der Waals surface area contributed by atoms with Crippen molar-refractivity contribution in [1.82, 2.24) is 0 Å². The molecule has 2 aliphatic carbocycles. The second-order valence-electron chi connectivity index (χ2n) is 8.08. The fourth-order valence-electron chi connectivity index (χ4n) is 4.98. The summed E-state index contributed by atoms with van der Waals surface area (Å²) in [7, 11) is 0. The van der Waals surface area contributed by atoms with E-state index in [1.807, 2.05) is 0 Å². The van der Waals surface area contributed by atoms with Crippen LogP contribution in [0.1, 0.15) is 23.1 Å². The van der Waals surface area contributed by atoms with E-state index in [2.05, 4.69) is 121 Å². The summed E-state index contributed by atoms with van der Waals surface area (Å²) in [5.41, 5.74) is 10.6. The molecule has 0 nitrogen and oxygen atoms in total. The average molecular weight is 395 g/mol. The molecule has 0 heteroatoms. The quantitative estimate of drug-likeness (QED) is 0.400. The highest BCUT2D eigenvalue weighted by Crippen LogP contribution is 2.37. The zero-order valence-corrected chi connectivity index (χ0v) is 17.3. The van der Waals surface area contributed by atoms with E-state index in [9.17, 15) is 0 Å². The van der Waals surface area contributed by atoms with Gasteiger partial charge in [-0.15, -0.1) is 0 Å². The molecule has 0 amide bonds. The van der Waals surface area contributed by atoms with Gasteiger partial charge in [-0.25, -0.2) is 0 Å². The fraction of sp³-hybridized carbons (Fsp3) is 0.0323. The molecule has 0 unspecified atom stereocenters. The first-order valence-corrected chi connectivity index (χ1v) is 10.9. The van der Waals surface area contributed by atoms with E-state index in [-0.39, 0.29) is 0 Å². The number of benzene rings is 4. The average Bonchev–Trinajstić information content (AvgIpc) is 3.47. The highest BCUT2D eigenvalue weighted by molar-refractivity contribution is 5.97. The van der Waals surface area contributed by atoms with Crippen molar-refractivity contribution in [2.45, 2.75) is 6.42 Å². The van der Waals surface area contributed by atoms with Crippen LogP contribution in [0, 0.1) is 0 Å². The largest absolute Gasteiger partial charge is 0.0801 e. The van der Waals surface area contributed by atoms with E-state index in [1.54, 1.807) is 0 Å². The third-order valence-electron chi connectivity index (χ3n) is 6.29. The lowest BCUT2D eigenvalue weighted by Gasteiger charge is -2.11. The number of hydrogen-bond acceptors (Lipinski definition) is 0. The monoisotopic (exact) mass is 394 g/mol. The molecule has 31 heavy (non-hydrogen) atoms. The second kappa shape index (κ2) is 7.41. The Hall–Kier alpha value is -3.90. The van der Waals surface area contributed by atoms with Crippen LogP contribution in [0.25, 0.3) is 22.3 Å². The van der Waals surface area contributed by atoms with Crippen molar-refractivity contribution in [3.05, 3.63) is 154 Å². The third kappa shape index (κ3) is 2.92. The maximum atomic E-state index is 2.29. The molecule has 0 heterocycles. The Morgan fingerprint density at radius 2 is 1.16 bits per heavy atom. The molecule has 4 aromatic carbocycles. The minimum Gasteiger partial charge on any atom is -0.0801 e. The van der Waals surface area contributed by atoms with Crippen LogP contribution >= 0.6 is 0 Å². The normalized spacial score (nSPS) is 13.7. The Kier molecular flexibility index (Phi) is 4.28. The summed E-state index contributed by atoms with van der Waals surface area (Å²) in [5.74, 6) is 0. The summed E-state index contributed by atoms with van der Waals surface area (Å²) in [6.45, 7) is 0. The Morgan fingerprint density at radius 1 is 0.548 bits per heavy atom. The van der Waals surface area contributed by atoms with Crippen LogP contribution in [0.2, 0.25) is 0 Å². The minimum atomic E-state index is 0.990. The lowest BCUT2D eigenvalue weighted by atomic mass is 9.92. The second-order valence-corrected chi connectivity index (χ2v) is 8.08. The summed E-state index contributed by atoms with van der Waals surface area (Å²) in [4.78, 5) is 0. The zero-order chi connectivity index (χ0) is 20.6.